The Morgan fingerprint density at radius 3 is 2.33 bits per heavy atom. The maximum Gasteiger partial charge on any atom is 0.416 e. The largest absolute Gasteiger partial charge is 0.493 e. The molecule has 100 valence electrons. The van der Waals surface area contributed by atoms with Crippen molar-refractivity contribution in [3.63, 3.8) is 0 Å². The number of carbonyl (C=O) groups is 1. The minimum atomic E-state index is -4.51. The number of amides is 1. The van der Waals surface area contributed by atoms with E-state index in [1.165, 1.54) is 6.07 Å². The Hall–Kier alpha value is -1.72. The maximum atomic E-state index is 12.8. The van der Waals surface area contributed by atoms with Gasteiger partial charge < -0.3 is 10.5 Å². The molecule has 0 bridgehead atoms. The average molecular weight is 261 g/mol. The molecule has 0 aliphatic carbocycles. The molecule has 1 aromatic carbocycles. The van der Waals surface area contributed by atoms with Crippen LogP contribution in [0.2, 0.25) is 0 Å². The molecule has 0 saturated heterocycles. The molecule has 3 nitrogen and oxygen atoms in total. The maximum absolute atomic E-state index is 12.8. The van der Waals surface area contributed by atoms with Gasteiger partial charge in [-0.1, -0.05) is 6.92 Å². The third-order valence-corrected chi connectivity index (χ3v) is 2.46. The lowest BCUT2D eigenvalue weighted by Crippen LogP contribution is -2.17. The number of carbonyl (C=O) groups excluding carboxylic acids is 1. The van der Waals surface area contributed by atoms with Gasteiger partial charge >= 0.3 is 6.18 Å². The van der Waals surface area contributed by atoms with Crippen molar-refractivity contribution in [1.29, 1.82) is 0 Å². The highest BCUT2D eigenvalue weighted by molar-refractivity contribution is 5.96. The van der Waals surface area contributed by atoms with Gasteiger partial charge in [0.25, 0.3) is 5.91 Å². The fourth-order valence-electron chi connectivity index (χ4n) is 1.65. The Labute approximate surface area is 103 Å². The highest BCUT2D eigenvalue weighted by atomic mass is 19.4. The van der Waals surface area contributed by atoms with E-state index in [2.05, 4.69) is 0 Å². The van der Waals surface area contributed by atoms with Crippen LogP contribution in [0.5, 0.6) is 5.75 Å². The second kappa shape index (κ2) is 5.29. The van der Waals surface area contributed by atoms with Gasteiger partial charge in [-0.2, -0.15) is 13.2 Å². The second-order valence-electron chi connectivity index (χ2n) is 3.65. The summed E-state index contributed by atoms with van der Waals surface area (Å²) in [7, 11) is 0. The first-order chi connectivity index (χ1) is 8.31. The SMILES string of the molecule is CCOc1cc(CC)c(C(F)(F)F)cc1C(N)=O. The van der Waals surface area contributed by atoms with Crippen molar-refractivity contribution in [3.8, 4) is 5.75 Å². The van der Waals surface area contributed by atoms with Crippen LogP contribution in [0.1, 0.15) is 35.3 Å². The van der Waals surface area contributed by atoms with Crippen molar-refractivity contribution >= 4 is 5.91 Å². The molecule has 1 aromatic rings. The van der Waals surface area contributed by atoms with E-state index in [4.69, 9.17) is 10.5 Å². The van der Waals surface area contributed by atoms with E-state index in [0.717, 1.165) is 6.07 Å². The number of aryl methyl sites for hydroxylation is 1. The quantitative estimate of drug-likeness (QED) is 0.906. The zero-order valence-corrected chi connectivity index (χ0v) is 10.1. The molecular formula is C12H14F3NO2. The number of rotatable bonds is 4. The van der Waals surface area contributed by atoms with E-state index in [1.807, 2.05) is 0 Å². The first-order valence-electron chi connectivity index (χ1n) is 5.48. The Morgan fingerprint density at radius 2 is 1.94 bits per heavy atom. The van der Waals surface area contributed by atoms with Crippen molar-refractivity contribution in [3.05, 3.63) is 28.8 Å². The fraction of sp³-hybridized carbons (Fsp3) is 0.417. The molecule has 0 saturated carbocycles. The number of ether oxygens (including phenoxy) is 1. The van der Waals surface area contributed by atoms with E-state index in [1.54, 1.807) is 13.8 Å². The van der Waals surface area contributed by atoms with Crippen LogP contribution < -0.4 is 10.5 Å². The van der Waals surface area contributed by atoms with E-state index in [0.29, 0.717) is 0 Å². The Kier molecular flexibility index (Phi) is 4.21. The molecule has 0 heterocycles. The molecule has 0 spiro atoms. The molecule has 0 atom stereocenters. The minimum absolute atomic E-state index is 0.0796. The standard InChI is InChI=1S/C12H14F3NO2/c1-3-7-5-10(18-4-2)8(11(16)17)6-9(7)12(13,14)15/h5-6H,3-4H2,1-2H3,(H2,16,17). The average Bonchev–Trinajstić information content (AvgIpc) is 2.27. The van der Waals surface area contributed by atoms with Crippen molar-refractivity contribution in [1.82, 2.24) is 0 Å². The van der Waals surface area contributed by atoms with Crippen LogP contribution in [-0.2, 0) is 12.6 Å². The number of nitrogens with two attached hydrogens (primary N) is 1. The summed E-state index contributed by atoms with van der Waals surface area (Å²) < 4.78 is 43.6. The summed E-state index contributed by atoms with van der Waals surface area (Å²) in [4.78, 5) is 11.2. The smallest absolute Gasteiger partial charge is 0.416 e. The normalized spacial score (nSPS) is 11.4. The van der Waals surface area contributed by atoms with Crippen LogP contribution >= 0.6 is 0 Å². The lowest BCUT2D eigenvalue weighted by molar-refractivity contribution is -0.138. The van der Waals surface area contributed by atoms with Crippen molar-refractivity contribution in [2.45, 2.75) is 26.4 Å². The minimum Gasteiger partial charge on any atom is -0.493 e. The van der Waals surface area contributed by atoms with Gasteiger partial charge in [0.05, 0.1) is 17.7 Å². The van der Waals surface area contributed by atoms with Gasteiger partial charge in [0.1, 0.15) is 5.75 Å². The highest BCUT2D eigenvalue weighted by Gasteiger charge is 2.34. The van der Waals surface area contributed by atoms with Gasteiger partial charge in [-0.3, -0.25) is 4.79 Å². The van der Waals surface area contributed by atoms with E-state index < -0.39 is 17.6 Å². The van der Waals surface area contributed by atoms with Gasteiger partial charge in [0.2, 0.25) is 0 Å². The molecule has 1 amide bonds. The molecule has 2 N–H and O–H groups in total. The number of hydrogen-bond acceptors (Lipinski definition) is 2. The second-order valence-corrected chi connectivity index (χ2v) is 3.65. The summed E-state index contributed by atoms with van der Waals surface area (Å²) in [6.45, 7) is 3.52. The molecule has 0 aliphatic heterocycles. The predicted octanol–water partition coefficient (Wildman–Crippen LogP) is 2.77. The lowest BCUT2D eigenvalue weighted by atomic mass is 10.00. The molecule has 0 radical (unpaired) electrons. The van der Waals surface area contributed by atoms with Crippen LogP contribution in [0.3, 0.4) is 0 Å². The van der Waals surface area contributed by atoms with Gasteiger partial charge in [-0.15, -0.1) is 0 Å². The zero-order valence-electron chi connectivity index (χ0n) is 10.1. The zero-order chi connectivity index (χ0) is 13.9. The summed E-state index contributed by atoms with van der Waals surface area (Å²) in [6.07, 6.45) is -4.33. The number of benzene rings is 1. The van der Waals surface area contributed by atoms with Crippen molar-refractivity contribution in [2.24, 2.45) is 5.73 Å². The first-order valence-corrected chi connectivity index (χ1v) is 5.48. The molecule has 0 fully saturated rings. The van der Waals surface area contributed by atoms with Gasteiger partial charge in [-0.25, -0.2) is 0 Å². The van der Waals surface area contributed by atoms with E-state index in [9.17, 15) is 18.0 Å². The number of primary amides is 1. The van der Waals surface area contributed by atoms with Crippen LogP contribution in [-0.4, -0.2) is 12.5 Å². The Bertz CT molecular complexity index is 455. The number of alkyl halides is 3. The van der Waals surface area contributed by atoms with Gasteiger partial charge in [0.15, 0.2) is 0 Å². The van der Waals surface area contributed by atoms with E-state index in [-0.39, 0.29) is 29.9 Å². The third kappa shape index (κ3) is 2.94. The highest BCUT2D eigenvalue weighted by Crippen LogP contribution is 2.36. The molecule has 18 heavy (non-hydrogen) atoms. The lowest BCUT2D eigenvalue weighted by Gasteiger charge is -2.16. The molecule has 0 unspecified atom stereocenters. The Balaban J connectivity index is 3.46. The molecule has 0 aliphatic rings. The number of hydrogen-bond donors (Lipinski definition) is 1. The van der Waals surface area contributed by atoms with Crippen LogP contribution in [0, 0.1) is 0 Å². The molecule has 0 aromatic heterocycles. The Morgan fingerprint density at radius 1 is 1.33 bits per heavy atom. The van der Waals surface area contributed by atoms with Crippen LogP contribution in [0.4, 0.5) is 13.2 Å². The van der Waals surface area contributed by atoms with Gasteiger partial charge in [0, 0.05) is 0 Å². The van der Waals surface area contributed by atoms with Crippen molar-refractivity contribution < 1.29 is 22.7 Å². The molecule has 1 rings (SSSR count). The summed E-state index contributed by atoms with van der Waals surface area (Å²) in [5.41, 5.74) is 4.05. The monoisotopic (exact) mass is 261 g/mol. The summed E-state index contributed by atoms with van der Waals surface area (Å²) in [6, 6.07) is 1.98. The first kappa shape index (κ1) is 14.3. The summed E-state index contributed by atoms with van der Waals surface area (Å²) in [5, 5.41) is 0. The summed E-state index contributed by atoms with van der Waals surface area (Å²) in [5.74, 6) is -0.846. The van der Waals surface area contributed by atoms with Crippen LogP contribution in [0.25, 0.3) is 0 Å². The summed E-state index contributed by atoms with van der Waals surface area (Å²) >= 11 is 0. The molecule has 6 heteroatoms. The number of halogens is 3. The van der Waals surface area contributed by atoms with Crippen molar-refractivity contribution in [2.75, 3.05) is 6.61 Å². The van der Waals surface area contributed by atoms with Gasteiger partial charge in [-0.05, 0) is 31.0 Å². The molecular weight excluding hydrogens is 247 g/mol. The topological polar surface area (TPSA) is 52.3 Å². The van der Waals surface area contributed by atoms with E-state index >= 15 is 0 Å². The predicted molar refractivity (Wildman–Crippen MR) is 60.5 cm³/mol. The van der Waals surface area contributed by atoms with Crippen LogP contribution in [0.15, 0.2) is 12.1 Å². The third-order valence-electron chi connectivity index (χ3n) is 2.46. The fourth-order valence-corrected chi connectivity index (χ4v) is 1.65.